The molecule has 0 radical (unpaired) electrons. The summed E-state index contributed by atoms with van der Waals surface area (Å²) in [5.74, 6) is 0. The highest BCUT2D eigenvalue weighted by Crippen LogP contribution is 2.28. The fraction of sp³-hybridized carbons (Fsp3) is 0.455. The molecule has 0 amide bonds. The van der Waals surface area contributed by atoms with Gasteiger partial charge < -0.3 is 5.32 Å². The molecule has 1 atom stereocenters. The van der Waals surface area contributed by atoms with Gasteiger partial charge in [-0.05, 0) is 32.5 Å². The van der Waals surface area contributed by atoms with E-state index in [4.69, 9.17) is 11.6 Å². The molecule has 1 aromatic rings. The molecule has 0 aromatic carbocycles. The van der Waals surface area contributed by atoms with Crippen LogP contribution >= 0.6 is 22.9 Å². The summed E-state index contributed by atoms with van der Waals surface area (Å²) in [6.45, 7) is 7.30. The fourth-order valence-electron chi connectivity index (χ4n) is 1.29. The molecule has 1 heterocycles. The summed E-state index contributed by atoms with van der Waals surface area (Å²) in [5.41, 5.74) is 1.32. The van der Waals surface area contributed by atoms with Crippen molar-refractivity contribution in [1.82, 2.24) is 5.32 Å². The minimum atomic E-state index is 0.308. The van der Waals surface area contributed by atoms with E-state index in [0.717, 1.165) is 10.9 Å². The van der Waals surface area contributed by atoms with Crippen LogP contribution in [-0.2, 0) is 0 Å². The number of hydrogen-bond acceptors (Lipinski definition) is 2. The molecular weight excluding hydrogens is 214 g/mol. The van der Waals surface area contributed by atoms with Crippen LogP contribution in [0.25, 0.3) is 0 Å². The first-order chi connectivity index (χ1) is 6.63. The monoisotopic (exact) mass is 229 g/mol. The molecule has 1 aromatic heterocycles. The second-order valence-electron chi connectivity index (χ2n) is 3.42. The molecule has 14 heavy (non-hydrogen) atoms. The number of likely N-dealkylation sites (N-methyl/N-ethyl adjacent to an activating group) is 1. The van der Waals surface area contributed by atoms with Gasteiger partial charge in [-0.1, -0.05) is 30.2 Å². The summed E-state index contributed by atoms with van der Waals surface area (Å²) < 4.78 is 0.852. The molecule has 3 heteroatoms. The first-order valence-corrected chi connectivity index (χ1v) is 5.96. The van der Waals surface area contributed by atoms with Gasteiger partial charge in [0, 0.05) is 4.88 Å². The molecule has 0 aliphatic heterocycles. The standard InChI is InChI=1S/C11H16ClNS/c1-4-13-9(7-8(2)3)10-5-6-11(12)14-10/h5-7,9,13H,4H2,1-3H3. The maximum absolute atomic E-state index is 5.91. The van der Waals surface area contributed by atoms with Gasteiger partial charge in [0.15, 0.2) is 0 Å². The highest BCUT2D eigenvalue weighted by molar-refractivity contribution is 7.16. The van der Waals surface area contributed by atoms with Crippen LogP contribution in [0.4, 0.5) is 0 Å². The van der Waals surface area contributed by atoms with Gasteiger partial charge in [-0.25, -0.2) is 0 Å². The minimum Gasteiger partial charge on any atom is -0.306 e. The van der Waals surface area contributed by atoms with Gasteiger partial charge in [0.25, 0.3) is 0 Å². The maximum Gasteiger partial charge on any atom is 0.0931 e. The number of rotatable bonds is 4. The first-order valence-electron chi connectivity index (χ1n) is 4.77. The Morgan fingerprint density at radius 2 is 2.29 bits per heavy atom. The highest BCUT2D eigenvalue weighted by Gasteiger charge is 2.09. The summed E-state index contributed by atoms with van der Waals surface area (Å²) in [6.07, 6.45) is 2.23. The Morgan fingerprint density at radius 3 is 2.71 bits per heavy atom. The third-order valence-corrected chi connectivity index (χ3v) is 3.14. The van der Waals surface area contributed by atoms with Gasteiger partial charge in [0.2, 0.25) is 0 Å². The Bertz CT molecular complexity index is 313. The van der Waals surface area contributed by atoms with Crippen molar-refractivity contribution >= 4 is 22.9 Å². The molecule has 1 rings (SSSR count). The van der Waals surface area contributed by atoms with Gasteiger partial charge >= 0.3 is 0 Å². The Morgan fingerprint density at radius 1 is 1.57 bits per heavy atom. The molecule has 0 saturated carbocycles. The van der Waals surface area contributed by atoms with E-state index in [1.54, 1.807) is 11.3 Å². The molecule has 0 saturated heterocycles. The van der Waals surface area contributed by atoms with Crippen LogP contribution in [0, 0.1) is 0 Å². The van der Waals surface area contributed by atoms with Crippen molar-refractivity contribution in [2.45, 2.75) is 26.8 Å². The Kier molecular flexibility index (Phi) is 4.66. The van der Waals surface area contributed by atoms with Gasteiger partial charge in [-0.2, -0.15) is 0 Å². The maximum atomic E-state index is 5.91. The number of hydrogen-bond donors (Lipinski definition) is 1. The van der Waals surface area contributed by atoms with Crippen LogP contribution < -0.4 is 5.32 Å². The summed E-state index contributed by atoms with van der Waals surface area (Å²) in [4.78, 5) is 1.28. The summed E-state index contributed by atoms with van der Waals surface area (Å²) in [7, 11) is 0. The fourth-order valence-corrected chi connectivity index (χ4v) is 2.40. The van der Waals surface area contributed by atoms with Crippen LogP contribution in [0.1, 0.15) is 31.7 Å². The molecule has 0 fully saturated rings. The molecule has 1 nitrogen and oxygen atoms in total. The van der Waals surface area contributed by atoms with Crippen molar-refractivity contribution in [3.8, 4) is 0 Å². The Hall–Kier alpha value is -0.310. The van der Waals surface area contributed by atoms with E-state index < -0.39 is 0 Å². The van der Waals surface area contributed by atoms with E-state index in [2.05, 4.69) is 38.2 Å². The lowest BCUT2D eigenvalue weighted by molar-refractivity contribution is 0.654. The van der Waals surface area contributed by atoms with Crippen molar-refractivity contribution in [1.29, 1.82) is 0 Å². The molecule has 0 spiro atoms. The summed E-state index contributed by atoms with van der Waals surface area (Å²) in [6, 6.07) is 4.34. The average Bonchev–Trinajstić information content (AvgIpc) is 2.50. The zero-order valence-electron chi connectivity index (χ0n) is 8.80. The summed E-state index contributed by atoms with van der Waals surface area (Å²) in [5, 5.41) is 3.42. The number of halogens is 1. The third kappa shape index (κ3) is 3.45. The molecule has 1 unspecified atom stereocenters. The summed E-state index contributed by atoms with van der Waals surface area (Å²) >= 11 is 7.55. The van der Waals surface area contributed by atoms with Crippen molar-refractivity contribution in [3.05, 3.63) is 33.0 Å². The SMILES string of the molecule is CCNC(C=C(C)C)c1ccc(Cl)s1. The van der Waals surface area contributed by atoms with Crippen molar-refractivity contribution in [2.24, 2.45) is 0 Å². The average molecular weight is 230 g/mol. The molecule has 0 aliphatic rings. The van der Waals surface area contributed by atoms with Crippen molar-refractivity contribution in [2.75, 3.05) is 6.54 Å². The van der Waals surface area contributed by atoms with Gasteiger partial charge in [0.05, 0.1) is 10.4 Å². The molecule has 0 bridgehead atoms. The van der Waals surface area contributed by atoms with E-state index >= 15 is 0 Å². The lowest BCUT2D eigenvalue weighted by Crippen LogP contribution is -2.18. The second kappa shape index (κ2) is 5.54. The van der Waals surface area contributed by atoms with E-state index in [0.29, 0.717) is 6.04 Å². The Labute approximate surface area is 94.8 Å². The normalized spacial score (nSPS) is 12.6. The van der Waals surface area contributed by atoms with E-state index in [1.807, 2.05) is 6.07 Å². The van der Waals surface area contributed by atoms with Crippen LogP contribution in [-0.4, -0.2) is 6.54 Å². The number of allylic oxidation sites excluding steroid dienone is 1. The highest BCUT2D eigenvalue weighted by atomic mass is 35.5. The van der Waals surface area contributed by atoms with Crippen LogP contribution in [0.5, 0.6) is 0 Å². The van der Waals surface area contributed by atoms with Crippen molar-refractivity contribution < 1.29 is 0 Å². The van der Waals surface area contributed by atoms with E-state index in [1.165, 1.54) is 10.5 Å². The zero-order valence-corrected chi connectivity index (χ0v) is 10.4. The quantitative estimate of drug-likeness (QED) is 0.770. The van der Waals surface area contributed by atoms with Crippen molar-refractivity contribution in [3.63, 3.8) is 0 Å². The molecule has 78 valence electrons. The smallest absolute Gasteiger partial charge is 0.0931 e. The van der Waals surface area contributed by atoms with Crippen LogP contribution in [0.3, 0.4) is 0 Å². The van der Waals surface area contributed by atoms with E-state index in [-0.39, 0.29) is 0 Å². The van der Waals surface area contributed by atoms with Gasteiger partial charge in [0.1, 0.15) is 0 Å². The lowest BCUT2D eigenvalue weighted by Gasteiger charge is -2.12. The number of nitrogens with one attached hydrogen (secondary N) is 1. The topological polar surface area (TPSA) is 12.0 Å². The van der Waals surface area contributed by atoms with Gasteiger partial charge in [-0.15, -0.1) is 11.3 Å². The zero-order chi connectivity index (χ0) is 10.6. The second-order valence-corrected chi connectivity index (χ2v) is 5.17. The largest absolute Gasteiger partial charge is 0.306 e. The van der Waals surface area contributed by atoms with Crippen LogP contribution in [0.2, 0.25) is 4.34 Å². The third-order valence-electron chi connectivity index (χ3n) is 1.82. The first kappa shape index (κ1) is 11.8. The molecule has 0 aliphatic carbocycles. The van der Waals surface area contributed by atoms with Gasteiger partial charge in [-0.3, -0.25) is 0 Å². The number of thiophene rings is 1. The van der Waals surface area contributed by atoms with Crippen LogP contribution in [0.15, 0.2) is 23.8 Å². The van der Waals surface area contributed by atoms with E-state index in [9.17, 15) is 0 Å². The lowest BCUT2D eigenvalue weighted by atomic mass is 10.1. The predicted molar refractivity (Wildman–Crippen MR) is 65.2 cm³/mol. The predicted octanol–water partition coefficient (Wildman–Crippen LogP) is 4.02. The molecule has 1 N–H and O–H groups in total. The Balaban J connectivity index is 2.82. The minimum absolute atomic E-state index is 0.308. The molecular formula is C11H16ClNS.